The summed E-state index contributed by atoms with van der Waals surface area (Å²) in [5.41, 5.74) is 0.738. The first-order valence-electron chi connectivity index (χ1n) is 7.15. The molecule has 0 fully saturated rings. The molecule has 0 unspecified atom stereocenters. The van der Waals surface area contributed by atoms with Crippen molar-refractivity contribution in [2.24, 2.45) is 0 Å². The van der Waals surface area contributed by atoms with E-state index in [9.17, 15) is 9.59 Å². The third-order valence-electron chi connectivity index (χ3n) is 3.31. The number of ether oxygens (including phenoxy) is 2. The van der Waals surface area contributed by atoms with Crippen LogP contribution in [0.3, 0.4) is 0 Å². The zero-order valence-corrected chi connectivity index (χ0v) is 13.5. The van der Waals surface area contributed by atoms with Gasteiger partial charge >= 0.3 is 11.6 Å². The van der Waals surface area contributed by atoms with Gasteiger partial charge in [-0.25, -0.2) is 9.59 Å². The predicted molar refractivity (Wildman–Crippen MR) is 89.8 cm³/mol. The SMILES string of the molecule is Cc1cc(OCC(=O)Oc2ccc3ccc(=O)oc3c2)ccc1Cl. The number of carbonyl (C=O) groups is 1. The normalized spacial score (nSPS) is 10.6. The molecule has 1 aromatic heterocycles. The highest BCUT2D eigenvalue weighted by Crippen LogP contribution is 2.22. The third kappa shape index (κ3) is 3.75. The molecule has 0 spiro atoms. The molecule has 0 saturated heterocycles. The lowest BCUT2D eigenvalue weighted by Gasteiger charge is -2.08. The zero-order chi connectivity index (χ0) is 17.1. The van der Waals surface area contributed by atoms with E-state index in [1.54, 1.807) is 36.4 Å². The summed E-state index contributed by atoms with van der Waals surface area (Å²) in [6.45, 7) is 1.59. The van der Waals surface area contributed by atoms with Crippen LogP contribution in [0.5, 0.6) is 11.5 Å². The molecule has 0 atom stereocenters. The van der Waals surface area contributed by atoms with Crippen LogP contribution in [0.2, 0.25) is 5.02 Å². The van der Waals surface area contributed by atoms with Gasteiger partial charge in [-0.2, -0.15) is 0 Å². The molecule has 1 heterocycles. The smallest absolute Gasteiger partial charge is 0.349 e. The van der Waals surface area contributed by atoms with Gasteiger partial charge in [0.15, 0.2) is 6.61 Å². The Morgan fingerprint density at radius 1 is 1.08 bits per heavy atom. The molecule has 122 valence electrons. The van der Waals surface area contributed by atoms with Crippen molar-refractivity contribution >= 4 is 28.5 Å². The Balaban J connectivity index is 1.66. The van der Waals surface area contributed by atoms with E-state index in [0.717, 1.165) is 10.9 Å². The minimum Gasteiger partial charge on any atom is -0.482 e. The van der Waals surface area contributed by atoms with Gasteiger partial charge in [-0.05, 0) is 48.9 Å². The van der Waals surface area contributed by atoms with Crippen LogP contribution < -0.4 is 15.1 Å². The lowest BCUT2D eigenvalue weighted by Crippen LogP contribution is -2.17. The highest BCUT2D eigenvalue weighted by atomic mass is 35.5. The van der Waals surface area contributed by atoms with Crippen LogP contribution in [0.1, 0.15) is 5.56 Å². The fraction of sp³-hybridized carbons (Fsp3) is 0.111. The summed E-state index contributed by atoms with van der Waals surface area (Å²) in [7, 11) is 0. The topological polar surface area (TPSA) is 65.7 Å². The van der Waals surface area contributed by atoms with Crippen molar-refractivity contribution in [3.8, 4) is 11.5 Å². The molecule has 0 radical (unpaired) electrons. The number of esters is 1. The fourth-order valence-electron chi connectivity index (χ4n) is 2.11. The largest absolute Gasteiger partial charge is 0.482 e. The highest BCUT2D eigenvalue weighted by Gasteiger charge is 2.08. The summed E-state index contributed by atoms with van der Waals surface area (Å²) in [4.78, 5) is 23.1. The van der Waals surface area contributed by atoms with Crippen LogP contribution >= 0.6 is 11.6 Å². The van der Waals surface area contributed by atoms with E-state index >= 15 is 0 Å². The van der Waals surface area contributed by atoms with E-state index < -0.39 is 11.6 Å². The first kappa shape index (κ1) is 16.1. The number of hydrogen-bond acceptors (Lipinski definition) is 5. The van der Waals surface area contributed by atoms with Gasteiger partial charge in [0.25, 0.3) is 0 Å². The van der Waals surface area contributed by atoms with Crippen molar-refractivity contribution in [2.75, 3.05) is 6.61 Å². The average Bonchev–Trinajstić information content (AvgIpc) is 2.55. The monoisotopic (exact) mass is 344 g/mol. The molecule has 3 aromatic rings. The van der Waals surface area contributed by atoms with Gasteiger partial charge in [0, 0.05) is 22.5 Å². The van der Waals surface area contributed by atoms with E-state index in [4.69, 9.17) is 25.5 Å². The Bertz CT molecular complexity index is 961. The molecule has 0 amide bonds. The minimum atomic E-state index is -0.569. The van der Waals surface area contributed by atoms with Crippen molar-refractivity contribution in [3.05, 3.63) is 69.5 Å². The summed E-state index contributed by atoms with van der Waals surface area (Å²) in [6, 6.07) is 12.9. The molecule has 5 nitrogen and oxygen atoms in total. The Labute approximate surface area is 142 Å². The minimum absolute atomic E-state index is 0.252. The Kier molecular flexibility index (Phi) is 4.53. The summed E-state index contributed by atoms with van der Waals surface area (Å²) >= 11 is 5.93. The van der Waals surface area contributed by atoms with Crippen LogP contribution in [0.4, 0.5) is 0 Å². The summed E-state index contributed by atoms with van der Waals surface area (Å²) < 4.78 is 15.6. The van der Waals surface area contributed by atoms with Gasteiger partial charge < -0.3 is 13.9 Å². The first-order valence-corrected chi connectivity index (χ1v) is 7.52. The molecular formula is C18H13ClO5. The molecule has 2 aromatic carbocycles. The first-order chi connectivity index (χ1) is 11.5. The summed E-state index contributed by atoms with van der Waals surface area (Å²) in [5, 5.41) is 1.37. The number of halogens is 1. The molecule has 6 heteroatoms. The molecule has 0 aliphatic rings. The van der Waals surface area contributed by atoms with Crippen molar-refractivity contribution in [1.82, 2.24) is 0 Å². The van der Waals surface area contributed by atoms with Crippen LogP contribution in [0.25, 0.3) is 11.0 Å². The number of rotatable bonds is 4. The Morgan fingerprint density at radius 2 is 1.83 bits per heavy atom. The van der Waals surface area contributed by atoms with Crippen molar-refractivity contribution < 1.29 is 18.7 Å². The van der Waals surface area contributed by atoms with Crippen LogP contribution in [0, 0.1) is 6.92 Å². The van der Waals surface area contributed by atoms with Crippen LogP contribution in [-0.2, 0) is 4.79 Å². The maximum atomic E-state index is 11.9. The van der Waals surface area contributed by atoms with Gasteiger partial charge in [-0.3, -0.25) is 0 Å². The Hall–Kier alpha value is -2.79. The van der Waals surface area contributed by atoms with E-state index in [0.29, 0.717) is 16.4 Å². The average molecular weight is 345 g/mol. The maximum absolute atomic E-state index is 11.9. The van der Waals surface area contributed by atoms with Crippen LogP contribution in [-0.4, -0.2) is 12.6 Å². The molecule has 0 saturated carbocycles. The van der Waals surface area contributed by atoms with E-state index in [2.05, 4.69) is 0 Å². The van der Waals surface area contributed by atoms with Crippen LogP contribution in [0.15, 0.2) is 57.7 Å². The number of aryl methyl sites for hydroxylation is 1. The molecule has 24 heavy (non-hydrogen) atoms. The molecule has 0 aliphatic heterocycles. The molecule has 0 bridgehead atoms. The molecule has 0 aliphatic carbocycles. The van der Waals surface area contributed by atoms with E-state index in [1.165, 1.54) is 12.1 Å². The predicted octanol–water partition coefficient (Wildman–Crippen LogP) is 3.74. The number of benzene rings is 2. The number of fused-ring (bicyclic) bond motifs is 1. The second-order valence-corrected chi connectivity index (χ2v) is 5.53. The van der Waals surface area contributed by atoms with Crippen molar-refractivity contribution in [3.63, 3.8) is 0 Å². The lowest BCUT2D eigenvalue weighted by atomic mass is 10.2. The zero-order valence-electron chi connectivity index (χ0n) is 12.7. The van der Waals surface area contributed by atoms with Gasteiger partial charge in [-0.1, -0.05) is 11.6 Å². The van der Waals surface area contributed by atoms with Crippen molar-refractivity contribution in [1.29, 1.82) is 0 Å². The van der Waals surface area contributed by atoms with E-state index in [1.807, 2.05) is 6.92 Å². The van der Waals surface area contributed by atoms with Gasteiger partial charge in [-0.15, -0.1) is 0 Å². The quantitative estimate of drug-likeness (QED) is 0.410. The van der Waals surface area contributed by atoms with Gasteiger partial charge in [0.2, 0.25) is 0 Å². The highest BCUT2D eigenvalue weighted by molar-refractivity contribution is 6.31. The lowest BCUT2D eigenvalue weighted by molar-refractivity contribution is -0.136. The summed E-state index contributed by atoms with van der Waals surface area (Å²) in [6.07, 6.45) is 0. The fourth-order valence-corrected chi connectivity index (χ4v) is 2.23. The standard InChI is InChI=1S/C18H13ClO5/c1-11-8-13(5-6-15(11)19)22-10-18(21)23-14-4-2-12-3-7-17(20)24-16(12)9-14/h2-9H,10H2,1H3. The second-order valence-electron chi connectivity index (χ2n) is 5.13. The molecule has 3 rings (SSSR count). The maximum Gasteiger partial charge on any atom is 0.349 e. The molecule has 0 N–H and O–H groups in total. The van der Waals surface area contributed by atoms with Gasteiger partial charge in [0.1, 0.15) is 17.1 Å². The number of hydrogen-bond donors (Lipinski definition) is 0. The second kappa shape index (κ2) is 6.76. The van der Waals surface area contributed by atoms with Crippen molar-refractivity contribution in [2.45, 2.75) is 6.92 Å². The third-order valence-corrected chi connectivity index (χ3v) is 3.74. The number of carbonyl (C=O) groups excluding carboxylic acids is 1. The molecular weight excluding hydrogens is 332 g/mol. The van der Waals surface area contributed by atoms with E-state index in [-0.39, 0.29) is 12.4 Å². The van der Waals surface area contributed by atoms with Gasteiger partial charge in [0.05, 0.1) is 0 Å². The Morgan fingerprint density at radius 3 is 2.62 bits per heavy atom. The summed E-state index contributed by atoms with van der Waals surface area (Å²) in [5.74, 6) is 0.233.